The molecule has 0 aliphatic heterocycles. The summed E-state index contributed by atoms with van der Waals surface area (Å²) in [6, 6.07) is 10.3. The largest absolute Gasteiger partial charge is 0.271 e. The molecule has 0 bridgehead atoms. The molecule has 0 fully saturated rings. The topological polar surface area (TPSA) is 17.8 Å². The van der Waals surface area contributed by atoms with Crippen molar-refractivity contribution in [3.63, 3.8) is 0 Å². The van der Waals surface area contributed by atoms with Gasteiger partial charge in [0.1, 0.15) is 0 Å². The SMILES string of the molecule is C#Cc1cnn(CCc2ccccc2)c1. The highest BCUT2D eigenvalue weighted by Gasteiger charge is 1.96. The van der Waals surface area contributed by atoms with E-state index >= 15 is 0 Å². The number of benzene rings is 1. The van der Waals surface area contributed by atoms with E-state index in [-0.39, 0.29) is 0 Å². The lowest BCUT2D eigenvalue weighted by Gasteiger charge is -2.00. The highest BCUT2D eigenvalue weighted by molar-refractivity contribution is 5.26. The molecule has 0 aliphatic carbocycles. The van der Waals surface area contributed by atoms with Crippen LogP contribution in [-0.4, -0.2) is 9.78 Å². The molecular formula is C13H12N2. The fraction of sp³-hybridized carbons (Fsp3) is 0.154. The Kier molecular flexibility index (Phi) is 2.85. The van der Waals surface area contributed by atoms with Crippen molar-refractivity contribution in [2.75, 3.05) is 0 Å². The van der Waals surface area contributed by atoms with Crippen molar-refractivity contribution in [1.29, 1.82) is 0 Å². The molecule has 1 aromatic heterocycles. The predicted octanol–water partition coefficient (Wildman–Crippen LogP) is 2.11. The van der Waals surface area contributed by atoms with Crippen LogP contribution < -0.4 is 0 Å². The number of rotatable bonds is 3. The van der Waals surface area contributed by atoms with Crippen LogP contribution in [0, 0.1) is 12.3 Å². The Hall–Kier alpha value is -2.01. The van der Waals surface area contributed by atoms with Gasteiger partial charge in [0.05, 0.1) is 11.8 Å². The van der Waals surface area contributed by atoms with Crippen LogP contribution in [0.25, 0.3) is 0 Å². The number of hydrogen-bond acceptors (Lipinski definition) is 1. The molecule has 2 heteroatoms. The van der Waals surface area contributed by atoms with Crippen molar-refractivity contribution >= 4 is 0 Å². The van der Waals surface area contributed by atoms with Crippen molar-refractivity contribution in [2.45, 2.75) is 13.0 Å². The van der Waals surface area contributed by atoms with Crippen molar-refractivity contribution in [1.82, 2.24) is 9.78 Å². The van der Waals surface area contributed by atoms with Gasteiger partial charge in [0, 0.05) is 12.7 Å². The van der Waals surface area contributed by atoms with Crippen LogP contribution in [0.15, 0.2) is 42.7 Å². The van der Waals surface area contributed by atoms with Gasteiger partial charge < -0.3 is 0 Å². The van der Waals surface area contributed by atoms with Gasteiger partial charge in [-0.1, -0.05) is 36.3 Å². The Labute approximate surface area is 89.6 Å². The minimum absolute atomic E-state index is 0.836. The number of aromatic nitrogens is 2. The maximum absolute atomic E-state index is 5.27. The zero-order valence-electron chi connectivity index (χ0n) is 8.43. The average molecular weight is 196 g/mol. The molecule has 2 rings (SSSR count). The van der Waals surface area contributed by atoms with Gasteiger partial charge in [-0.2, -0.15) is 5.10 Å². The molecule has 0 aliphatic rings. The predicted molar refractivity (Wildman–Crippen MR) is 60.3 cm³/mol. The van der Waals surface area contributed by atoms with E-state index in [4.69, 9.17) is 6.42 Å². The molecule has 0 unspecified atom stereocenters. The molecule has 74 valence electrons. The summed E-state index contributed by atoms with van der Waals surface area (Å²) in [6.45, 7) is 0.867. The monoisotopic (exact) mass is 196 g/mol. The summed E-state index contributed by atoms with van der Waals surface area (Å²) in [4.78, 5) is 0. The van der Waals surface area contributed by atoms with E-state index in [1.165, 1.54) is 5.56 Å². The lowest BCUT2D eigenvalue weighted by molar-refractivity contribution is 0.615. The van der Waals surface area contributed by atoms with E-state index in [1.54, 1.807) is 6.20 Å². The Bertz CT molecular complexity index is 463. The number of terminal acetylenes is 1. The number of nitrogens with zero attached hydrogens (tertiary/aromatic N) is 2. The number of aryl methyl sites for hydroxylation is 2. The van der Waals surface area contributed by atoms with E-state index in [0.29, 0.717) is 0 Å². The van der Waals surface area contributed by atoms with Gasteiger partial charge in [0.15, 0.2) is 0 Å². The summed E-state index contributed by atoms with van der Waals surface area (Å²) in [5.41, 5.74) is 2.15. The van der Waals surface area contributed by atoms with Crippen molar-refractivity contribution in [3.05, 3.63) is 53.9 Å². The number of hydrogen-bond donors (Lipinski definition) is 0. The molecule has 1 heterocycles. The second-order valence-electron chi connectivity index (χ2n) is 3.37. The normalized spacial score (nSPS) is 9.80. The zero-order chi connectivity index (χ0) is 10.5. The molecule has 0 saturated heterocycles. The first-order valence-electron chi connectivity index (χ1n) is 4.91. The molecule has 0 N–H and O–H groups in total. The molecule has 2 aromatic rings. The van der Waals surface area contributed by atoms with Crippen LogP contribution in [-0.2, 0) is 13.0 Å². The fourth-order valence-electron chi connectivity index (χ4n) is 1.45. The van der Waals surface area contributed by atoms with Gasteiger partial charge in [-0.25, -0.2) is 0 Å². The fourth-order valence-corrected chi connectivity index (χ4v) is 1.45. The van der Waals surface area contributed by atoms with Crippen molar-refractivity contribution < 1.29 is 0 Å². The van der Waals surface area contributed by atoms with E-state index in [0.717, 1.165) is 18.5 Å². The molecule has 0 saturated carbocycles. The summed E-state index contributed by atoms with van der Waals surface area (Å²) in [5.74, 6) is 2.56. The molecule has 0 spiro atoms. The first-order chi connectivity index (χ1) is 7.38. The molecular weight excluding hydrogens is 184 g/mol. The zero-order valence-corrected chi connectivity index (χ0v) is 8.43. The van der Waals surface area contributed by atoms with Gasteiger partial charge in [-0.05, 0) is 12.0 Å². The standard InChI is InChI=1S/C13H12N2/c1-2-12-10-14-15(11-12)9-8-13-6-4-3-5-7-13/h1,3-7,10-11H,8-9H2. The van der Waals surface area contributed by atoms with Crippen molar-refractivity contribution in [3.8, 4) is 12.3 Å². The third-order valence-electron chi connectivity index (χ3n) is 2.27. The average Bonchev–Trinajstić information content (AvgIpc) is 2.76. The van der Waals surface area contributed by atoms with Gasteiger partial charge in [0.25, 0.3) is 0 Å². The molecule has 2 nitrogen and oxygen atoms in total. The van der Waals surface area contributed by atoms with Crippen LogP contribution in [0.4, 0.5) is 0 Å². The summed E-state index contributed by atoms with van der Waals surface area (Å²) in [7, 11) is 0. The third kappa shape index (κ3) is 2.47. The quantitative estimate of drug-likeness (QED) is 0.687. The van der Waals surface area contributed by atoms with E-state index in [1.807, 2.05) is 29.1 Å². The Morgan fingerprint density at radius 1 is 1.27 bits per heavy atom. The van der Waals surface area contributed by atoms with Gasteiger partial charge in [-0.3, -0.25) is 4.68 Å². The highest BCUT2D eigenvalue weighted by Crippen LogP contribution is 2.02. The smallest absolute Gasteiger partial charge is 0.0646 e. The van der Waals surface area contributed by atoms with Gasteiger partial charge >= 0.3 is 0 Å². The van der Waals surface area contributed by atoms with E-state index in [2.05, 4.69) is 23.2 Å². The highest BCUT2D eigenvalue weighted by atomic mass is 15.3. The lowest BCUT2D eigenvalue weighted by Crippen LogP contribution is -2.01. The van der Waals surface area contributed by atoms with Crippen LogP contribution >= 0.6 is 0 Å². The summed E-state index contributed by atoms with van der Waals surface area (Å²) < 4.78 is 1.88. The van der Waals surface area contributed by atoms with Gasteiger partial charge in [0.2, 0.25) is 0 Å². The van der Waals surface area contributed by atoms with E-state index in [9.17, 15) is 0 Å². The van der Waals surface area contributed by atoms with Crippen molar-refractivity contribution in [2.24, 2.45) is 0 Å². The third-order valence-corrected chi connectivity index (χ3v) is 2.27. The maximum atomic E-state index is 5.27. The Morgan fingerprint density at radius 2 is 2.07 bits per heavy atom. The van der Waals surface area contributed by atoms with E-state index < -0.39 is 0 Å². The van der Waals surface area contributed by atoms with Crippen LogP contribution in [0.5, 0.6) is 0 Å². The summed E-state index contributed by atoms with van der Waals surface area (Å²) >= 11 is 0. The van der Waals surface area contributed by atoms with Gasteiger partial charge in [-0.15, -0.1) is 6.42 Å². The Morgan fingerprint density at radius 3 is 2.73 bits per heavy atom. The second-order valence-corrected chi connectivity index (χ2v) is 3.37. The maximum Gasteiger partial charge on any atom is 0.0646 e. The molecule has 0 radical (unpaired) electrons. The molecule has 0 amide bonds. The molecule has 1 aromatic carbocycles. The minimum atomic E-state index is 0.836. The second kappa shape index (κ2) is 4.47. The lowest BCUT2D eigenvalue weighted by atomic mass is 10.1. The first-order valence-corrected chi connectivity index (χ1v) is 4.91. The summed E-state index contributed by atoms with van der Waals surface area (Å²) in [5, 5.41) is 4.18. The molecule has 15 heavy (non-hydrogen) atoms. The van der Waals surface area contributed by atoms with Crippen LogP contribution in [0.3, 0.4) is 0 Å². The summed E-state index contributed by atoms with van der Waals surface area (Å²) in [6.07, 6.45) is 9.85. The Balaban J connectivity index is 1.97. The van der Waals surface area contributed by atoms with Crippen LogP contribution in [0.2, 0.25) is 0 Å². The minimum Gasteiger partial charge on any atom is -0.271 e. The first kappa shape index (κ1) is 9.54. The van der Waals surface area contributed by atoms with Crippen LogP contribution in [0.1, 0.15) is 11.1 Å². The molecule has 0 atom stereocenters.